The summed E-state index contributed by atoms with van der Waals surface area (Å²) in [6.07, 6.45) is 0. The summed E-state index contributed by atoms with van der Waals surface area (Å²) in [6.45, 7) is 4.01. The Bertz CT molecular complexity index is 725. The fraction of sp³-hybridized carbons (Fsp3) is 0.538. The van der Waals surface area contributed by atoms with Gasteiger partial charge < -0.3 is 5.32 Å². The Labute approximate surface area is 133 Å². The summed E-state index contributed by atoms with van der Waals surface area (Å²) >= 11 is 5.97. The molecule has 0 aliphatic carbocycles. The lowest BCUT2D eigenvalue weighted by atomic mass is 10.0. The highest BCUT2D eigenvalue weighted by molar-refractivity contribution is 7.89. The number of nitro groups is 1. The molecule has 22 heavy (non-hydrogen) atoms. The summed E-state index contributed by atoms with van der Waals surface area (Å²) in [6, 6.07) is 2.40. The Balaban J connectivity index is 1.98. The van der Waals surface area contributed by atoms with Crippen molar-refractivity contribution in [2.24, 2.45) is 11.8 Å². The molecule has 2 atom stereocenters. The standard InChI is InChI=1S/C13H16ClN3O4S/c1-8-12(14)2-11(3-13(8)17(18)19)22(20,21)16-6-9-4-15-5-10(9)7-16/h2-3,9-10,15H,4-7H2,1H3/t9-,10+. The summed E-state index contributed by atoms with van der Waals surface area (Å²) in [7, 11) is -3.76. The van der Waals surface area contributed by atoms with Gasteiger partial charge in [0.1, 0.15) is 0 Å². The number of hydrogen-bond donors (Lipinski definition) is 1. The first-order valence-corrected chi connectivity index (χ1v) is 8.78. The number of sulfonamides is 1. The van der Waals surface area contributed by atoms with E-state index in [9.17, 15) is 18.5 Å². The smallest absolute Gasteiger partial charge is 0.275 e. The van der Waals surface area contributed by atoms with Gasteiger partial charge in [-0.15, -0.1) is 0 Å². The zero-order chi connectivity index (χ0) is 16.1. The van der Waals surface area contributed by atoms with Crippen LogP contribution in [-0.2, 0) is 10.0 Å². The van der Waals surface area contributed by atoms with Gasteiger partial charge in [0.15, 0.2) is 0 Å². The Morgan fingerprint density at radius 3 is 2.45 bits per heavy atom. The van der Waals surface area contributed by atoms with Crippen LogP contribution in [0, 0.1) is 28.9 Å². The summed E-state index contributed by atoms with van der Waals surface area (Å²) in [5.74, 6) is 0.622. The van der Waals surface area contributed by atoms with Gasteiger partial charge in [-0.3, -0.25) is 10.1 Å². The van der Waals surface area contributed by atoms with Gasteiger partial charge in [-0.1, -0.05) is 11.6 Å². The van der Waals surface area contributed by atoms with E-state index in [1.54, 1.807) is 0 Å². The molecule has 0 radical (unpaired) electrons. The Kier molecular flexibility index (Phi) is 3.88. The van der Waals surface area contributed by atoms with E-state index >= 15 is 0 Å². The number of hydrogen-bond acceptors (Lipinski definition) is 5. The molecule has 120 valence electrons. The number of nitrogens with zero attached hydrogens (tertiary/aromatic N) is 2. The van der Waals surface area contributed by atoms with Crippen LogP contribution in [0.5, 0.6) is 0 Å². The van der Waals surface area contributed by atoms with Gasteiger partial charge in [-0.05, 0) is 37.9 Å². The molecule has 0 bridgehead atoms. The molecule has 0 unspecified atom stereocenters. The topological polar surface area (TPSA) is 92.6 Å². The van der Waals surface area contributed by atoms with Gasteiger partial charge in [0.05, 0.1) is 14.8 Å². The fourth-order valence-electron chi connectivity index (χ4n) is 3.14. The number of halogens is 1. The number of fused-ring (bicyclic) bond motifs is 1. The number of rotatable bonds is 3. The molecular weight excluding hydrogens is 330 g/mol. The molecule has 9 heteroatoms. The molecule has 2 fully saturated rings. The third-order valence-electron chi connectivity index (χ3n) is 4.48. The zero-order valence-electron chi connectivity index (χ0n) is 12.0. The molecule has 0 aromatic heterocycles. The number of nitro benzene ring substituents is 1. The quantitative estimate of drug-likeness (QED) is 0.660. The van der Waals surface area contributed by atoms with Gasteiger partial charge in [0.2, 0.25) is 10.0 Å². The minimum atomic E-state index is -3.76. The van der Waals surface area contributed by atoms with Crippen LogP contribution in [0.4, 0.5) is 5.69 Å². The van der Waals surface area contributed by atoms with Crippen molar-refractivity contribution in [1.29, 1.82) is 0 Å². The highest BCUT2D eigenvalue weighted by Gasteiger charge is 2.42. The second-order valence-corrected chi connectivity index (χ2v) is 8.15. The molecule has 3 rings (SSSR count). The third kappa shape index (κ3) is 2.50. The molecule has 1 N–H and O–H groups in total. The van der Waals surface area contributed by atoms with Gasteiger partial charge in [0.25, 0.3) is 5.69 Å². The Morgan fingerprint density at radius 1 is 1.32 bits per heavy atom. The molecule has 2 heterocycles. The van der Waals surface area contributed by atoms with Crippen molar-refractivity contribution in [2.45, 2.75) is 11.8 Å². The SMILES string of the molecule is Cc1c(Cl)cc(S(=O)(=O)N2C[C@H]3CNC[C@H]3C2)cc1[N+](=O)[O-]. The van der Waals surface area contributed by atoms with Crippen molar-refractivity contribution < 1.29 is 13.3 Å². The average molecular weight is 346 g/mol. The fourth-order valence-corrected chi connectivity index (χ4v) is 5.02. The maximum absolute atomic E-state index is 12.7. The van der Waals surface area contributed by atoms with E-state index < -0.39 is 14.9 Å². The summed E-state index contributed by atoms with van der Waals surface area (Å²) in [5.41, 5.74) is 0.000223. The number of benzene rings is 1. The van der Waals surface area contributed by atoms with Crippen molar-refractivity contribution in [1.82, 2.24) is 9.62 Å². The molecular formula is C13H16ClN3O4S. The van der Waals surface area contributed by atoms with E-state index in [-0.39, 0.29) is 21.2 Å². The Hall–Kier alpha value is -1.22. The van der Waals surface area contributed by atoms with Crippen LogP contribution in [0.1, 0.15) is 5.56 Å². The normalized spacial score (nSPS) is 25.4. The lowest BCUT2D eigenvalue weighted by Crippen LogP contribution is -2.32. The van der Waals surface area contributed by atoms with Crippen LogP contribution in [0.25, 0.3) is 0 Å². The van der Waals surface area contributed by atoms with Crippen LogP contribution in [0.15, 0.2) is 17.0 Å². The third-order valence-corrected chi connectivity index (χ3v) is 6.68. The van der Waals surface area contributed by atoms with E-state index in [1.807, 2.05) is 0 Å². The van der Waals surface area contributed by atoms with E-state index in [0.29, 0.717) is 24.9 Å². The van der Waals surface area contributed by atoms with E-state index in [1.165, 1.54) is 17.3 Å². The lowest BCUT2D eigenvalue weighted by molar-refractivity contribution is -0.385. The first-order chi connectivity index (χ1) is 10.3. The van der Waals surface area contributed by atoms with Gasteiger partial charge in [-0.2, -0.15) is 4.31 Å². The predicted octanol–water partition coefficient (Wildman–Crippen LogP) is 1.40. The first-order valence-electron chi connectivity index (χ1n) is 6.96. The summed E-state index contributed by atoms with van der Waals surface area (Å²) < 4.78 is 26.9. The van der Waals surface area contributed by atoms with E-state index in [0.717, 1.165) is 19.2 Å². The zero-order valence-corrected chi connectivity index (χ0v) is 13.5. The molecule has 2 saturated heterocycles. The van der Waals surface area contributed by atoms with Crippen molar-refractivity contribution >= 4 is 27.3 Å². The van der Waals surface area contributed by atoms with Crippen molar-refractivity contribution in [3.05, 3.63) is 32.8 Å². The van der Waals surface area contributed by atoms with Crippen molar-refractivity contribution in [2.75, 3.05) is 26.2 Å². The minimum Gasteiger partial charge on any atom is -0.316 e. The highest BCUT2D eigenvalue weighted by atomic mass is 35.5. The molecule has 2 aliphatic rings. The maximum Gasteiger partial charge on any atom is 0.275 e. The monoisotopic (exact) mass is 345 g/mol. The maximum atomic E-state index is 12.7. The van der Waals surface area contributed by atoms with Crippen LogP contribution in [0.2, 0.25) is 5.02 Å². The van der Waals surface area contributed by atoms with Crippen LogP contribution >= 0.6 is 11.6 Å². The average Bonchev–Trinajstić information content (AvgIpc) is 3.02. The molecule has 7 nitrogen and oxygen atoms in total. The van der Waals surface area contributed by atoms with Crippen molar-refractivity contribution in [3.63, 3.8) is 0 Å². The second-order valence-electron chi connectivity index (χ2n) is 5.81. The molecule has 2 aliphatic heterocycles. The van der Waals surface area contributed by atoms with Gasteiger partial charge >= 0.3 is 0 Å². The largest absolute Gasteiger partial charge is 0.316 e. The van der Waals surface area contributed by atoms with E-state index in [2.05, 4.69) is 5.32 Å². The first kappa shape index (κ1) is 15.7. The molecule has 0 amide bonds. The summed E-state index contributed by atoms with van der Waals surface area (Å²) in [4.78, 5) is 10.3. The molecule has 1 aromatic rings. The number of nitrogens with one attached hydrogen (secondary N) is 1. The van der Waals surface area contributed by atoms with Crippen LogP contribution in [-0.4, -0.2) is 43.8 Å². The van der Waals surface area contributed by atoms with Crippen LogP contribution < -0.4 is 5.32 Å². The van der Waals surface area contributed by atoms with Gasteiger partial charge in [0, 0.05) is 24.7 Å². The summed E-state index contributed by atoms with van der Waals surface area (Å²) in [5, 5.41) is 14.4. The second kappa shape index (κ2) is 5.45. The highest BCUT2D eigenvalue weighted by Crippen LogP contribution is 2.34. The molecule has 0 saturated carbocycles. The van der Waals surface area contributed by atoms with Crippen LogP contribution in [0.3, 0.4) is 0 Å². The Morgan fingerprint density at radius 2 is 1.91 bits per heavy atom. The van der Waals surface area contributed by atoms with Gasteiger partial charge in [-0.25, -0.2) is 8.42 Å². The lowest BCUT2D eigenvalue weighted by Gasteiger charge is -2.18. The minimum absolute atomic E-state index is 0.0915. The van der Waals surface area contributed by atoms with Crippen molar-refractivity contribution in [3.8, 4) is 0 Å². The molecule has 1 aromatic carbocycles. The predicted molar refractivity (Wildman–Crippen MR) is 81.5 cm³/mol. The molecule has 0 spiro atoms. The van der Waals surface area contributed by atoms with E-state index in [4.69, 9.17) is 11.6 Å².